The molecule has 0 saturated carbocycles. The van der Waals surface area contributed by atoms with E-state index in [1.807, 2.05) is 82.0 Å². The Morgan fingerprint density at radius 1 is 1.07 bits per heavy atom. The number of likely N-dealkylation sites (tertiary alicyclic amines) is 1. The van der Waals surface area contributed by atoms with E-state index in [-0.39, 0.29) is 18.0 Å². The molecule has 2 aromatic carbocycles. The zero-order valence-electron chi connectivity index (χ0n) is 22.6. The Morgan fingerprint density at radius 2 is 1.82 bits per heavy atom. The van der Waals surface area contributed by atoms with E-state index in [1.54, 1.807) is 0 Å². The number of nitrogen functional groups attached to an aromatic ring is 1. The number of ether oxygens (including phenoxy) is 1. The fraction of sp³-hybridized carbons (Fsp3) is 0.226. The van der Waals surface area contributed by atoms with Crippen molar-refractivity contribution in [3.8, 4) is 33.9 Å². The maximum absolute atomic E-state index is 12.4. The maximum Gasteiger partial charge on any atom is 0.246 e. The van der Waals surface area contributed by atoms with Crippen LogP contribution in [0.2, 0.25) is 0 Å². The van der Waals surface area contributed by atoms with E-state index >= 15 is 0 Å². The highest BCUT2D eigenvalue weighted by molar-refractivity contribution is 6.07. The molecule has 1 aliphatic rings. The molecular weight excluding hydrogens is 502 g/mol. The number of nitrogens with two attached hydrogens (primary N) is 1. The van der Waals surface area contributed by atoms with E-state index in [9.17, 15) is 4.79 Å². The summed E-state index contributed by atoms with van der Waals surface area (Å²) in [5.41, 5.74) is 10.9. The lowest BCUT2D eigenvalue weighted by molar-refractivity contribution is -0.130. The van der Waals surface area contributed by atoms with Crippen LogP contribution in [-0.4, -0.2) is 47.7 Å². The summed E-state index contributed by atoms with van der Waals surface area (Å²) < 4.78 is 10.0. The summed E-state index contributed by atoms with van der Waals surface area (Å²) in [6, 6.07) is 17.7. The van der Waals surface area contributed by atoms with Crippen molar-refractivity contribution in [2.75, 3.05) is 12.3 Å². The van der Waals surface area contributed by atoms with E-state index in [1.165, 1.54) is 12.4 Å². The number of fused-ring (bicyclic) bond motifs is 1. The number of benzene rings is 2. The SMILES string of the molecule is C=CC(=O)N1CCCC(n2cc(-c3c(-c4ccc(Oc5ccccc5)cc4)c4c(N)ncnc4n3C)cn2)C1C. The van der Waals surface area contributed by atoms with Crippen molar-refractivity contribution in [1.29, 1.82) is 0 Å². The van der Waals surface area contributed by atoms with Gasteiger partial charge in [0.25, 0.3) is 0 Å². The molecule has 5 aromatic rings. The molecule has 6 rings (SSSR count). The summed E-state index contributed by atoms with van der Waals surface area (Å²) in [7, 11) is 1.98. The molecule has 9 nitrogen and oxygen atoms in total. The number of amides is 1. The number of piperidine rings is 1. The second-order valence-electron chi connectivity index (χ2n) is 10.1. The van der Waals surface area contributed by atoms with Crippen LogP contribution in [0.15, 0.2) is 86.0 Å². The van der Waals surface area contributed by atoms with Crippen molar-refractivity contribution in [2.45, 2.75) is 31.8 Å². The standard InChI is InChI=1S/C31H31N7O2/c1-4-26(39)37-16-8-11-25(20(37)2)38-18-22(17-35-38)29-27(28-30(32)33-19-34-31(28)36(29)3)21-12-14-24(15-13-21)40-23-9-6-5-7-10-23/h4-7,9-10,12-15,17-20,25H,1,8,11,16H2,2-3H3,(H2,32,33,34). The number of carbonyl (C=O) groups excluding carboxylic acids is 1. The molecule has 2 atom stereocenters. The third kappa shape index (κ3) is 4.39. The maximum atomic E-state index is 12.4. The van der Waals surface area contributed by atoms with Crippen LogP contribution in [0.5, 0.6) is 11.5 Å². The number of nitrogens with zero attached hydrogens (tertiary/aromatic N) is 6. The molecule has 4 heterocycles. The average molecular weight is 534 g/mol. The molecule has 1 amide bonds. The first-order chi connectivity index (χ1) is 19.5. The first-order valence-corrected chi connectivity index (χ1v) is 13.4. The molecule has 1 saturated heterocycles. The van der Waals surface area contributed by atoms with Crippen molar-refractivity contribution >= 4 is 22.8 Å². The van der Waals surface area contributed by atoms with Gasteiger partial charge in [-0.2, -0.15) is 5.10 Å². The van der Waals surface area contributed by atoms with Gasteiger partial charge >= 0.3 is 0 Å². The number of aryl methyl sites for hydroxylation is 1. The topological polar surface area (TPSA) is 104 Å². The van der Waals surface area contributed by atoms with Gasteiger partial charge in [-0.15, -0.1) is 0 Å². The Morgan fingerprint density at radius 3 is 2.58 bits per heavy atom. The van der Waals surface area contributed by atoms with Gasteiger partial charge in [-0.05, 0) is 55.7 Å². The summed E-state index contributed by atoms with van der Waals surface area (Å²) in [5.74, 6) is 1.88. The van der Waals surface area contributed by atoms with E-state index in [4.69, 9.17) is 15.6 Å². The minimum absolute atomic E-state index is 0.00220. The van der Waals surface area contributed by atoms with Crippen LogP contribution in [0.25, 0.3) is 33.4 Å². The summed E-state index contributed by atoms with van der Waals surface area (Å²) in [4.78, 5) is 23.2. The summed E-state index contributed by atoms with van der Waals surface area (Å²) in [6.07, 6.45) is 8.64. The highest BCUT2D eigenvalue weighted by Crippen LogP contribution is 2.42. The predicted molar refractivity (Wildman–Crippen MR) is 156 cm³/mol. The Labute approximate surface area is 232 Å². The zero-order chi connectivity index (χ0) is 27.8. The molecule has 9 heteroatoms. The minimum Gasteiger partial charge on any atom is -0.457 e. The van der Waals surface area contributed by atoms with Crippen molar-refractivity contribution < 1.29 is 9.53 Å². The summed E-state index contributed by atoms with van der Waals surface area (Å²) >= 11 is 0. The predicted octanol–water partition coefficient (Wildman–Crippen LogP) is 5.61. The van der Waals surface area contributed by atoms with E-state index in [0.29, 0.717) is 5.82 Å². The number of aromatic nitrogens is 5. The van der Waals surface area contributed by atoms with Gasteiger partial charge in [0.05, 0.1) is 29.4 Å². The normalized spacial score (nSPS) is 17.2. The van der Waals surface area contributed by atoms with Crippen LogP contribution < -0.4 is 10.5 Å². The first-order valence-electron chi connectivity index (χ1n) is 13.4. The smallest absolute Gasteiger partial charge is 0.246 e. The van der Waals surface area contributed by atoms with Crippen LogP contribution in [0.4, 0.5) is 5.82 Å². The van der Waals surface area contributed by atoms with Gasteiger partial charge in [0.2, 0.25) is 5.91 Å². The van der Waals surface area contributed by atoms with Gasteiger partial charge in [0.1, 0.15) is 29.3 Å². The van der Waals surface area contributed by atoms with Gasteiger partial charge in [-0.3, -0.25) is 9.48 Å². The Kier molecular flexibility index (Phi) is 6.55. The molecule has 0 radical (unpaired) electrons. The zero-order valence-corrected chi connectivity index (χ0v) is 22.6. The highest BCUT2D eigenvalue weighted by atomic mass is 16.5. The minimum atomic E-state index is -0.0470. The molecule has 2 N–H and O–H groups in total. The number of carbonyl (C=O) groups is 1. The summed E-state index contributed by atoms with van der Waals surface area (Å²) in [6.45, 7) is 6.47. The van der Waals surface area contributed by atoms with Crippen molar-refractivity contribution in [1.82, 2.24) is 29.2 Å². The molecule has 2 unspecified atom stereocenters. The third-order valence-electron chi connectivity index (χ3n) is 7.74. The van der Waals surface area contributed by atoms with Crippen molar-refractivity contribution in [2.24, 2.45) is 7.05 Å². The molecule has 202 valence electrons. The quantitative estimate of drug-likeness (QED) is 0.285. The first kappa shape index (κ1) is 25.4. The number of rotatable bonds is 6. The van der Waals surface area contributed by atoms with E-state index in [2.05, 4.69) is 29.7 Å². The molecule has 1 aliphatic heterocycles. The lowest BCUT2D eigenvalue weighted by atomic mass is 9.97. The number of hydrogen-bond donors (Lipinski definition) is 1. The van der Waals surface area contributed by atoms with Gasteiger partial charge in [-0.1, -0.05) is 36.9 Å². The van der Waals surface area contributed by atoms with Crippen molar-refractivity contribution in [3.05, 3.63) is 86.0 Å². The van der Waals surface area contributed by atoms with E-state index in [0.717, 1.165) is 64.3 Å². The fourth-order valence-electron chi connectivity index (χ4n) is 5.76. The molecule has 1 fully saturated rings. The Bertz CT molecular complexity index is 1690. The van der Waals surface area contributed by atoms with Gasteiger partial charge in [0.15, 0.2) is 0 Å². The van der Waals surface area contributed by atoms with Gasteiger partial charge < -0.3 is 19.9 Å². The van der Waals surface area contributed by atoms with E-state index < -0.39 is 0 Å². The molecule has 0 bridgehead atoms. The van der Waals surface area contributed by atoms with Crippen LogP contribution in [0.1, 0.15) is 25.8 Å². The van der Waals surface area contributed by atoms with Gasteiger partial charge in [-0.25, -0.2) is 9.97 Å². The molecular formula is C31H31N7O2. The molecule has 3 aromatic heterocycles. The average Bonchev–Trinajstić information content (AvgIpc) is 3.57. The third-order valence-corrected chi connectivity index (χ3v) is 7.74. The van der Waals surface area contributed by atoms with Crippen LogP contribution in [-0.2, 0) is 11.8 Å². The van der Waals surface area contributed by atoms with Crippen molar-refractivity contribution in [3.63, 3.8) is 0 Å². The lowest BCUT2D eigenvalue weighted by Crippen LogP contribution is -2.46. The molecule has 40 heavy (non-hydrogen) atoms. The van der Waals surface area contributed by atoms with Crippen LogP contribution in [0, 0.1) is 0 Å². The second-order valence-corrected chi connectivity index (χ2v) is 10.1. The fourth-order valence-corrected chi connectivity index (χ4v) is 5.76. The summed E-state index contributed by atoms with van der Waals surface area (Å²) in [5, 5.41) is 5.56. The molecule has 0 aliphatic carbocycles. The Balaban J connectivity index is 1.41. The van der Waals surface area contributed by atoms with Crippen LogP contribution in [0.3, 0.4) is 0 Å². The highest BCUT2D eigenvalue weighted by Gasteiger charge is 2.32. The number of para-hydroxylation sites is 1. The Hall–Kier alpha value is -4.92. The second kappa shape index (κ2) is 10.3. The van der Waals surface area contributed by atoms with Crippen LogP contribution >= 0.6 is 0 Å². The van der Waals surface area contributed by atoms with Gasteiger partial charge in [0, 0.05) is 30.9 Å². The molecule has 0 spiro atoms. The number of hydrogen-bond acceptors (Lipinski definition) is 6. The number of anilines is 1. The monoisotopic (exact) mass is 533 g/mol. The lowest BCUT2D eigenvalue weighted by Gasteiger charge is -2.38. The largest absolute Gasteiger partial charge is 0.457 e.